The summed E-state index contributed by atoms with van der Waals surface area (Å²) < 4.78 is 49.5. The zero-order valence-electron chi connectivity index (χ0n) is 48.5. The molecule has 0 radical (unpaired) electrons. The maximum Gasteiger partial charge on any atom is 0.331 e. The first-order chi connectivity index (χ1) is 36.5. The molecule has 0 aliphatic carbocycles. The van der Waals surface area contributed by atoms with E-state index in [2.05, 4.69) is 0 Å². The summed E-state index contributed by atoms with van der Waals surface area (Å²) >= 11 is 0. The van der Waals surface area contributed by atoms with Crippen molar-refractivity contribution in [1.82, 2.24) is 0 Å². The third-order valence-electron chi connectivity index (χ3n) is 17.5. The first-order valence-corrected chi connectivity index (χ1v) is 28.5. The van der Waals surface area contributed by atoms with Gasteiger partial charge in [-0.25, -0.2) is 9.59 Å². The summed E-state index contributed by atoms with van der Waals surface area (Å²) in [5, 5.41) is 90.2. The van der Waals surface area contributed by atoms with E-state index in [0.29, 0.717) is 24.0 Å². The van der Waals surface area contributed by atoms with Gasteiger partial charge in [-0.05, 0) is 54.4 Å². The number of hydrogen-bond donors (Lipinski definition) is 8. The van der Waals surface area contributed by atoms with E-state index in [-0.39, 0.29) is 37.5 Å². The minimum absolute atomic E-state index is 0.0184. The van der Waals surface area contributed by atoms with Crippen molar-refractivity contribution < 1.29 is 88.3 Å². The molecule has 0 bridgehead atoms. The number of ether oxygens (including phenoxy) is 8. The molecule has 0 aromatic heterocycles. The zero-order valence-corrected chi connectivity index (χ0v) is 48.5. The SMILES string of the molecule is CC[C@@H]1[C@@H](C)O[C@@](O)([C@@H](C)[C@H](O)[C@H](C)[C@H]2OC(=O)C=CC(C)=CC=C[C@H](C)[C@@H]([C@@H](C)[C@@H](O)[C@H](C)[C@@]3(O)C[C@@H](O[C@H]4C[C@H](O)[C@H](O)[C@H](C)O4)[C@H](CC)[C@@H](C)O3)OC(=O)C=CC(C)=CC=C[C@@H]2C)C[C@H]1O[C@H]1C[C@H](O)[C@H](O)[C@H](C)O1. The highest BCUT2D eigenvalue weighted by Crippen LogP contribution is 2.45. The maximum atomic E-state index is 13.7. The van der Waals surface area contributed by atoms with Crippen molar-refractivity contribution >= 4 is 11.9 Å². The third-order valence-corrected chi connectivity index (χ3v) is 17.5. The Bertz CT molecular complexity index is 1950. The van der Waals surface area contributed by atoms with Crippen LogP contribution in [0.5, 0.6) is 0 Å². The summed E-state index contributed by atoms with van der Waals surface area (Å²) in [6.07, 6.45) is 4.24. The van der Waals surface area contributed by atoms with Crippen molar-refractivity contribution in [2.24, 2.45) is 47.3 Å². The molecule has 5 aliphatic heterocycles. The second-order valence-corrected chi connectivity index (χ2v) is 23.4. The number of esters is 2. The van der Waals surface area contributed by atoms with Gasteiger partial charge in [-0.3, -0.25) is 0 Å². The Balaban J connectivity index is 1.33. The van der Waals surface area contributed by atoms with Crippen LogP contribution in [0.1, 0.15) is 135 Å². The van der Waals surface area contributed by atoms with E-state index in [0.717, 1.165) is 0 Å². The van der Waals surface area contributed by atoms with Crippen LogP contribution in [0.4, 0.5) is 0 Å². The van der Waals surface area contributed by atoms with E-state index in [1.54, 1.807) is 91.8 Å². The van der Waals surface area contributed by atoms with Gasteiger partial charge >= 0.3 is 11.9 Å². The van der Waals surface area contributed by atoms with E-state index >= 15 is 0 Å². The lowest BCUT2D eigenvalue weighted by Gasteiger charge is -2.50. The van der Waals surface area contributed by atoms with Gasteiger partial charge in [-0.2, -0.15) is 0 Å². The zero-order chi connectivity index (χ0) is 58.1. The second-order valence-electron chi connectivity index (χ2n) is 23.4. The van der Waals surface area contributed by atoms with Gasteiger partial charge in [0, 0.05) is 85.2 Å². The minimum atomic E-state index is -1.87. The van der Waals surface area contributed by atoms with Crippen molar-refractivity contribution in [3.63, 3.8) is 0 Å². The molecule has 0 spiro atoms. The molecular formula is C60H96O18. The van der Waals surface area contributed by atoms with E-state index in [1.807, 2.05) is 53.7 Å². The number of cyclic esters (lactones) is 2. The van der Waals surface area contributed by atoms with Gasteiger partial charge in [0.2, 0.25) is 0 Å². The lowest BCUT2D eigenvalue weighted by Crippen LogP contribution is -2.59. The van der Waals surface area contributed by atoms with Gasteiger partial charge < -0.3 is 78.7 Å². The summed E-state index contributed by atoms with van der Waals surface area (Å²) in [7, 11) is 0. The summed E-state index contributed by atoms with van der Waals surface area (Å²) in [5.41, 5.74) is 1.35. The van der Waals surface area contributed by atoms with Crippen LogP contribution in [-0.2, 0) is 47.5 Å². The van der Waals surface area contributed by atoms with E-state index < -0.39 is 157 Å². The molecule has 78 heavy (non-hydrogen) atoms. The van der Waals surface area contributed by atoms with Crippen LogP contribution in [-0.4, -0.2) is 162 Å². The van der Waals surface area contributed by atoms with Gasteiger partial charge in [0.15, 0.2) is 24.2 Å². The van der Waals surface area contributed by atoms with Crippen LogP contribution in [0.15, 0.2) is 71.9 Å². The predicted molar refractivity (Wildman–Crippen MR) is 290 cm³/mol. The molecular weight excluding hydrogens is 1010 g/mol. The first kappa shape index (κ1) is 65.6. The van der Waals surface area contributed by atoms with Gasteiger partial charge in [0.25, 0.3) is 0 Å². The van der Waals surface area contributed by atoms with Crippen LogP contribution in [0.2, 0.25) is 0 Å². The number of allylic oxidation sites excluding steroid dienone is 8. The summed E-state index contributed by atoms with van der Waals surface area (Å²) in [4.78, 5) is 27.4. The average Bonchev–Trinajstić information content (AvgIpc) is 3.37. The number of rotatable bonds is 14. The van der Waals surface area contributed by atoms with Crippen LogP contribution >= 0.6 is 0 Å². The van der Waals surface area contributed by atoms with Crippen LogP contribution in [0, 0.1) is 47.3 Å². The third kappa shape index (κ3) is 16.5. The minimum Gasteiger partial charge on any atom is -0.458 e. The molecule has 4 saturated heterocycles. The van der Waals surface area contributed by atoms with Crippen LogP contribution < -0.4 is 0 Å². The molecule has 0 saturated carbocycles. The summed E-state index contributed by atoms with van der Waals surface area (Å²) in [6.45, 7) is 25.1. The topological polar surface area (TPSA) is 270 Å². The fraction of sp³-hybridized carbons (Fsp3) is 0.767. The van der Waals surface area contributed by atoms with Crippen molar-refractivity contribution in [3.8, 4) is 0 Å². The largest absolute Gasteiger partial charge is 0.458 e. The van der Waals surface area contributed by atoms with Gasteiger partial charge in [0.1, 0.15) is 24.4 Å². The van der Waals surface area contributed by atoms with Gasteiger partial charge in [-0.15, -0.1) is 0 Å². The molecule has 5 heterocycles. The van der Waals surface area contributed by atoms with Crippen molar-refractivity contribution in [2.45, 2.75) is 245 Å². The van der Waals surface area contributed by atoms with Crippen molar-refractivity contribution in [2.75, 3.05) is 0 Å². The highest BCUT2D eigenvalue weighted by Gasteiger charge is 2.54. The molecule has 5 aliphatic rings. The summed E-state index contributed by atoms with van der Waals surface area (Å²) in [5.74, 6) is -9.60. The Morgan fingerprint density at radius 2 is 0.923 bits per heavy atom. The first-order valence-electron chi connectivity index (χ1n) is 28.5. The highest BCUT2D eigenvalue weighted by atomic mass is 16.7. The standard InChI is InChI=1S/C60H96O18/c1-15-43-39(11)77-59(69,29-47(43)73-51-27-45(61)55(67)41(13)71-51)37(9)53(65)35(7)57-33(5)21-17-19-31(3)24-26-50(64)76-58(34(6)22-18-20-32(4)23-25-49(63)75-57)36(8)54(66)38(10)60(70)30-48(44(16-2)40(12)78-60)74-52-28-46(62)56(68)42(14)72-52/h17-26,33-48,51-58,61-62,65-70H,15-16,27-30H2,1-14H3/t33-,34-,35-,36-,37-,38-,39+,40+,41-,42-,43+,44+,45-,46-,47+,48+,51-,52-,53+,54+,55+,56+,57-,58-,59+,60+/m0/s1. The molecule has 18 heteroatoms. The van der Waals surface area contributed by atoms with Crippen molar-refractivity contribution in [3.05, 3.63) is 71.9 Å². The molecule has 26 atom stereocenters. The van der Waals surface area contributed by atoms with Crippen LogP contribution in [0.25, 0.3) is 0 Å². The fourth-order valence-corrected chi connectivity index (χ4v) is 12.1. The normalized spacial score (nSPS) is 42.3. The van der Waals surface area contributed by atoms with E-state index in [9.17, 15) is 50.4 Å². The van der Waals surface area contributed by atoms with Crippen molar-refractivity contribution in [1.29, 1.82) is 0 Å². The van der Waals surface area contributed by atoms with Gasteiger partial charge in [0.05, 0.1) is 61.0 Å². The molecule has 8 N–H and O–H groups in total. The highest BCUT2D eigenvalue weighted by molar-refractivity contribution is 5.83. The Labute approximate surface area is 463 Å². The molecule has 0 amide bonds. The number of aliphatic hydroxyl groups is 8. The number of carbonyl (C=O) groups is 2. The monoisotopic (exact) mass is 1100 g/mol. The Kier molecular flexibility index (Phi) is 24.1. The molecule has 0 aromatic rings. The molecule has 18 nitrogen and oxygen atoms in total. The summed E-state index contributed by atoms with van der Waals surface area (Å²) in [6, 6.07) is 0. The Hall–Kier alpha value is -3.18. The molecule has 0 aromatic carbocycles. The Morgan fingerprint density at radius 3 is 1.24 bits per heavy atom. The Morgan fingerprint density at radius 1 is 0.577 bits per heavy atom. The molecule has 0 unspecified atom stereocenters. The second kappa shape index (κ2) is 28.7. The number of carbonyl (C=O) groups excluding carboxylic acids is 2. The maximum absolute atomic E-state index is 13.7. The van der Waals surface area contributed by atoms with E-state index in [1.165, 1.54) is 12.2 Å². The van der Waals surface area contributed by atoms with Gasteiger partial charge in [-0.1, -0.05) is 115 Å². The fourth-order valence-electron chi connectivity index (χ4n) is 12.1. The molecule has 5 rings (SSSR count). The molecule has 444 valence electrons. The molecule has 4 fully saturated rings. The number of aliphatic hydroxyl groups excluding tert-OH is 6. The average molecular weight is 1110 g/mol. The predicted octanol–water partition coefficient (Wildman–Crippen LogP) is 6.01. The quantitative estimate of drug-likeness (QED) is 0.0926. The smallest absolute Gasteiger partial charge is 0.331 e. The van der Waals surface area contributed by atoms with Crippen LogP contribution in [0.3, 0.4) is 0 Å². The number of hydrogen-bond acceptors (Lipinski definition) is 18. The van der Waals surface area contributed by atoms with E-state index in [4.69, 9.17) is 37.9 Å². The lowest BCUT2D eigenvalue weighted by molar-refractivity contribution is -0.345. The lowest BCUT2D eigenvalue weighted by atomic mass is 9.76.